The second-order valence-electron chi connectivity index (χ2n) is 7.36. The maximum atomic E-state index is 13.2. The standard InChI is InChI=1S/C19H19F3N6O2/c1-18(2,10-29)9-25-14-4-3-11(7-15(14)27-23)16-26-17(30-28-16)12-5-6-24-8-13(12)19(20,21)22/h3-8,23,25,29H,9-10H2,1-2H3. The number of alkyl halides is 3. The Labute approximate surface area is 169 Å². The smallest absolute Gasteiger partial charge is 0.396 e. The summed E-state index contributed by atoms with van der Waals surface area (Å²) in [6.45, 7) is 4.17. The molecular formula is C19H19F3N6O2. The fraction of sp³-hybridized carbons (Fsp3) is 0.316. The van der Waals surface area contributed by atoms with Gasteiger partial charge in [0.2, 0.25) is 5.82 Å². The van der Waals surface area contributed by atoms with Crippen LogP contribution in [0.2, 0.25) is 0 Å². The number of benzene rings is 1. The molecule has 0 radical (unpaired) electrons. The quantitative estimate of drug-likeness (QED) is 0.467. The number of rotatable bonds is 7. The van der Waals surface area contributed by atoms with E-state index < -0.39 is 11.7 Å². The summed E-state index contributed by atoms with van der Waals surface area (Å²) in [4.78, 5) is 7.58. The molecule has 0 aliphatic heterocycles. The van der Waals surface area contributed by atoms with Crippen LogP contribution in [0.1, 0.15) is 19.4 Å². The molecule has 0 amide bonds. The minimum Gasteiger partial charge on any atom is -0.396 e. The molecule has 0 saturated carbocycles. The average molecular weight is 420 g/mol. The van der Waals surface area contributed by atoms with Gasteiger partial charge in [0.25, 0.3) is 5.89 Å². The van der Waals surface area contributed by atoms with Crippen molar-refractivity contribution in [3.63, 3.8) is 0 Å². The monoisotopic (exact) mass is 420 g/mol. The molecule has 0 bridgehead atoms. The van der Waals surface area contributed by atoms with E-state index in [1.54, 1.807) is 12.1 Å². The van der Waals surface area contributed by atoms with Gasteiger partial charge in [-0.3, -0.25) is 4.98 Å². The van der Waals surface area contributed by atoms with Crippen LogP contribution in [0.25, 0.3) is 22.8 Å². The zero-order valence-electron chi connectivity index (χ0n) is 16.2. The van der Waals surface area contributed by atoms with Gasteiger partial charge in [0.05, 0.1) is 16.8 Å². The SMILES string of the molecule is CC(C)(CO)CNc1ccc(-c2noc(-c3ccncc3C(F)(F)F)n2)cc1N=N. The number of aliphatic hydroxyl groups is 1. The summed E-state index contributed by atoms with van der Waals surface area (Å²) in [5, 5.41) is 19.7. The van der Waals surface area contributed by atoms with Gasteiger partial charge in [-0.2, -0.15) is 23.3 Å². The van der Waals surface area contributed by atoms with E-state index in [1.165, 1.54) is 12.3 Å². The zero-order chi connectivity index (χ0) is 21.9. The molecule has 30 heavy (non-hydrogen) atoms. The predicted molar refractivity (Wildman–Crippen MR) is 102 cm³/mol. The van der Waals surface area contributed by atoms with E-state index in [4.69, 9.17) is 10.1 Å². The molecule has 0 unspecified atom stereocenters. The Morgan fingerprint density at radius 1 is 1.23 bits per heavy atom. The van der Waals surface area contributed by atoms with Crippen molar-refractivity contribution >= 4 is 11.4 Å². The lowest BCUT2D eigenvalue weighted by Gasteiger charge is -2.23. The topological polar surface area (TPSA) is 120 Å². The van der Waals surface area contributed by atoms with E-state index in [0.29, 0.717) is 24.0 Å². The number of nitrogens with zero attached hydrogens (tertiary/aromatic N) is 4. The van der Waals surface area contributed by atoms with Gasteiger partial charge in [-0.1, -0.05) is 19.0 Å². The van der Waals surface area contributed by atoms with Crippen molar-refractivity contribution in [2.24, 2.45) is 10.5 Å². The Kier molecular flexibility index (Phi) is 5.83. The minimum absolute atomic E-state index is 0.0218. The van der Waals surface area contributed by atoms with Crippen LogP contribution >= 0.6 is 0 Å². The molecule has 1 aromatic carbocycles. The van der Waals surface area contributed by atoms with E-state index in [1.807, 2.05) is 13.8 Å². The predicted octanol–water partition coefficient (Wildman–Crippen LogP) is 4.91. The van der Waals surface area contributed by atoms with Crippen molar-refractivity contribution in [1.82, 2.24) is 15.1 Å². The number of anilines is 1. The first kappa shape index (κ1) is 21.4. The lowest BCUT2D eigenvalue weighted by Crippen LogP contribution is -2.26. The molecule has 0 atom stereocenters. The Balaban J connectivity index is 1.90. The highest BCUT2D eigenvalue weighted by atomic mass is 19.4. The number of aromatic nitrogens is 3. The third kappa shape index (κ3) is 4.62. The van der Waals surface area contributed by atoms with Crippen molar-refractivity contribution < 1.29 is 22.8 Å². The largest absolute Gasteiger partial charge is 0.418 e. The van der Waals surface area contributed by atoms with Crippen molar-refractivity contribution in [3.8, 4) is 22.8 Å². The number of halogens is 3. The van der Waals surface area contributed by atoms with Crippen LogP contribution in [-0.2, 0) is 6.18 Å². The molecule has 158 valence electrons. The van der Waals surface area contributed by atoms with Crippen molar-refractivity contribution in [2.45, 2.75) is 20.0 Å². The van der Waals surface area contributed by atoms with Gasteiger partial charge in [-0.25, -0.2) is 5.53 Å². The molecule has 3 aromatic rings. The van der Waals surface area contributed by atoms with Crippen LogP contribution in [0, 0.1) is 10.9 Å². The molecule has 0 aliphatic carbocycles. The third-order valence-corrected chi connectivity index (χ3v) is 4.34. The second kappa shape index (κ2) is 8.19. The van der Waals surface area contributed by atoms with Crippen molar-refractivity contribution in [1.29, 1.82) is 5.53 Å². The highest BCUT2D eigenvalue weighted by Gasteiger charge is 2.35. The van der Waals surface area contributed by atoms with Crippen LogP contribution < -0.4 is 5.32 Å². The molecule has 3 N–H and O–H groups in total. The van der Waals surface area contributed by atoms with Gasteiger partial charge in [0.1, 0.15) is 5.69 Å². The van der Waals surface area contributed by atoms with E-state index >= 15 is 0 Å². The molecular weight excluding hydrogens is 401 g/mol. The first-order valence-electron chi connectivity index (χ1n) is 8.86. The van der Waals surface area contributed by atoms with Crippen LogP contribution in [-0.4, -0.2) is 33.4 Å². The van der Waals surface area contributed by atoms with Crippen molar-refractivity contribution in [3.05, 3.63) is 42.2 Å². The fourth-order valence-corrected chi connectivity index (χ4v) is 2.56. The molecule has 0 spiro atoms. The lowest BCUT2D eigenvalue weighted by atomic mass is 9.95. The highest BCUT2D eigenvalue weighted by molar-refractivity contribution is 5.73. The Hall–Kier alpha value is -3.34. The summed E-state index contributed by atoms with van der Waals surface area (Å²) >= 11 is 0. The number of nitrogens with one attached hydrogen (secondary N) is 2. The first-order chi connectivity index (χ1) is 14.1. The normalized spacial score (nSPS) is 12.1. The van der Waals surface area contributed by atoms with Gasteiger partial charge < -0.3 is 14.9 Å². The molecule has 3 rings (SSSR count). The van der Waals surface area contributed by atoms with Gasteiger partial charge in [0.15, 0.2) is 0 Å². The lowest BCUT2D eigenvalue weighted by molar-refractivity contribution is -0.137. The van der Waals surface area contributed by atoms with Crippen LogP contribution in [0.5, 0.6) is 0 Å². The van der Waals surface area contributed by atoms with Gasteiger partial charge in [0, 0.05) is 36.5 Å². The summed E-state index contributed by atoms with van der Waals surface area (Å²) in [5.41, 5.74) is 7.04. The van der Waals surface area contributed by atoms with E-state index in [9.17, 15) is 18.3 Å². The molecule has 8 nitrogen and oxygen atoms in total. The molecule has 0 aliphatic rings. The van der Waals surface area contributed by atoms with E-state index in [2.05, 4.69) is 25.6 Å². The molecule has 11 heteroatoms. The van der Waals surface area contributed by atoms with Crippen LogP contribution in [0.3, 0.4) is 0 Å². The van der Waals surface area contributed by atoms with Crippen molar-refractivity contribution in [2.75, 3.05) is 18.5 Å². The molecule has 0 saturated heterocycles. The number of hydrogen-bond acceptors (Lipinski definition) is 8. The average Bonchev–Trinajstić information content (AvgIpc) is 3.21. The molecule has 2 aromatic heterocycles. The van der Waals surface area contributed by atoms with Crippen LogP contribution in [0.15, 0.2) is 46.3 Å². The summed E-state index contributed by atoms with van der Waals surface area (Å²) in [6, 6.07) is 5.96. The minimum atomic E-state index is -4.62. The number of pyridine rings is 1. The van der Waals surface area contributed by atoms with E-state index in [0.717, 1.165) is 6.07 Å². The maximum Gasteiger partial charge on any atom is 0.418 e. The number of aliphatic hydroxyl groups excluding tert-OH is 1. The van der Waals surface area contributed by atoms with Gasteiger partial charge in [-0.15, -0.1) is 0 Å². The first-order valence-corrected chi connectivity index (χ1v) is 8.86. The summed E-state index contributed by atoms with van der Waals surface area (Å²) in [5.74, 6) is -0.238. The summed E-state index contributed by atoms with van der Waals surface area (Å²) < 4.78 is 44.7. The zero-order valence-corrected chi connectivity index (χ0v) is 16.2. The summed E-state index contributed by atoms with van der Waals surface area (Å²) in [7, 11) is 0. The van der Waals surface area contributed by atoms with Crippen LogP contribution in [0.4, 0.5) is 24.5 Å². The summed E-state index contributed by atoms with van der Waals surface area (Å²) in [6.07, 6.45) is -2.71. The highest BCUT2D eigenvalue weighted by Crippen LogP contribution is 2.37. The van der Waals surface area contributed by atoms with Gasteiger partial charge >= 0.3 is 6.18 Å². The van der Waals surface area contributed by atoms with E-state index in [-0.39, 0.29) is 35.0 Å². The Morgan fingerprint density at radius 2 is 2.00 bits per heavy atom. The molecule has 0 fully saturated rings. The second-order valence-corrected chi connectivity index (χ2v) is 7.36. The number of hydrogen-bond donors (Lipinski definition) is 3. The Bertz CT molecular complexity index is 1050. The third-order valence-electron chi connectivity index (χ3n) is 4.34. The molecule has 2 heterocycles. The Morgan fingerprint density at radius 3 is 2.67 bits per heavy atom. The fourth-order valence-electron chi connectivity index (χ4n) is 2.56. The maximum absolute atomic E-state index is 13.2. The van der Waals surface area contributed by atoms with Gasteiger partial charge in [-0.05, 0) is 24.3 Å².